The molecule has 65 heavy (non-hydrogen) atoms. The number of benzene rings is 4. The zero-order valence-electron chi connectivity index (χ0n) is 35.2. The van der Waals surface area contributed by atoms with Crippen LogP contribution in [0.3, 0.4) is 0 Å². The van der Waals surface area contributed by atoms with E-state index in [1.54, 1.807) is 60.7 Å². The Labute approximate surface area is 470 Å². The number of rotatable bonds is 10. The molecule has 0 spiro atoms. The minimum absolute atomic E-state index is 0. The van der Waals surface area contributed by atoms with Crippen molar-refractivity contribution in [1.29, 1.82) is 0 Å². The zero-order chi connectivity index (χ0) is 44.5. The molecule has 0 aliphatic rings. The average Bonchev–Trinajstić information content (AvgIpc) is 3.61. The molecule has 4 aromatic carbocycles. The summed E-state index contributed by atoms with van der Waals surface area (Å²) in [5.41, 5.74) is -1.46. The number of aryl methyl sites for hydroxylation is 2. The van der Waals surface area contributed by atoms with Crippen LogP contribution >= 0.6 is 0 Å². The Morgan fingerprint density at radius 3 is 1.03 bits per heavy atom. The van der Waals surface area contributed by atoms with E-state index in [2.05, 4.69) is 30.7 Å². The maximum atomic E-state index is 12.5. The summed E-state index contributed by atoms with van der Waals surface area (Å²) < 4.78 is 137. The van der Waals surface area contributed by atoms with E-state index < -0.39 is 94.7 Å². The summed E-state index contributed by atoms with van der Waals surface area (Å²) >= 11 is 0. The van der Waals surface area contributed by atoms with E-state index in [1.807, 2.05) is 0 Å². The van der Waals surface area contributed by atoms with Gasteiger partial charge in [-0.05, 0) is 62.4 Å². The first-order valence-corrected chi connectivity index (χ1v) is 21.4. The average molecular weight is 1050 g/mol. The molecule has 1 radical (unpaired) electrons. The van der Waals surface area contributed by atoms with Gasteiger partial charge in [0.15, 0.2) is 0 Å². The Morgan fingerprint density at radius 1 is 0.477 bits per heavy atom. The number of azo groups is 2. The minimum atomic E-state index is -5.42. The summed E-state index contributed by atoms with van der Waals surface area (Å²) in [6.07, 6.45) is 0. The van der Waals surface area contributed by atoms with Crippen molar-refractivity contribution in [3.8, 4) is 34.6 Å². The Bertz CT molecular complexity index is 2980. The third-order valence-corrected chi connectivity index (χ3v) is 10.9. The number of hydrogen-bond acceptors (Lipinski definition) is 22. The van der Waals surface area contributed by atoms with Gasteiger partial charge in [-0.15, -0.1) is 10.2 Å². The van der Waals surface area contributed by atoms with Crippen molar-refractivity contribution in [2.45, 2.75) is 33.4 Å². The standard InChI is InChI=1S/2C16H14N4O8S2.Cr.4Na/c2*1-9-14(16(22)20(19-9)10-5-3-2-4-6-10)18-17-12-7-11(29(23,24)25)8-13(15(12)21)30(26,27)28;;;;;/h2*2-8,21-22H,1H3,(H,23,24,25)(H,26,27,28);;;;;/q;;+3;4*+1/p-7. The number of nitrogens with zero attached hydrogens (tertiary/aromatic N) is 8. The van der Waals surface area contributed by atoms with Gasteiger partial charge in [-0.3, -0.25) is 0 Å². The topological polar surface area (TPSA) is 406 Å². The molecule has 2 aromatic heterocycles. The van der Waals surface area contributed by atoms with Gasteiger partial charge in [0, 0.05) is 21.6 Å². The van der Waals surface area contributed by atoms with Crippen LogP contribution in [0.5, 0.6) is 23.3 Å². The maximum absolute atomic E-state index is 12.5. The third kappa shape index (κ3) is 15.4. The monoisotopic (exact) mass is 1040 g/mol. The van der Waals surface area contributed by atoms with Gasteiger partial charge >= 0.3 is 137 Å². The van der Waals surface area contributed by atoms with Crippen LogP contribution in [0.15, 0.2) is 125 Å². The summed E-state index contributed by atoms with van der Waals surface area (Å²) in [5.74, 6) is -4.39. The second-order valence-electron chi connectivity index (χ2n) is 11.7. The van der Waals surface area contributed by atoms with Gasteiger partial charge in [-0.2, -0.15) is 20.4 Å². The summed E-state index contributed by atoms with van der Waals surface area (Å²) in [4.78, 5) is -5.28. The molecular weight excluding hydrogens is 1020 g/mol. The molecule has 0 aliphatic heterocycles. The molecule has 0 saturated carbocycles. The van der Waals surface area contributed by atoms with Crippen molar-refractivity contribution in [3.05, 3.63) is 96.3 Å². The van der Waals surface area contributed by atoms with Crippen LogP contribution in [0.4, 0.5) is 22.7 Å². The van der Waals surface area contributed by atoms with E-state index in [4.69, 9.17) is 0 Å². The van der Waals surface area contributed by atoms with Gasteiger partial charge in [0.2, 0.25) is 0 Å². The molecule has 319 valence electrons. The third-order valence-electron chi connectivity index (χ3n) is 7.63. The second kappa shape index (κ2) is 24.9. The molecule has 6 rings (SSSR count). The summed E-state index contributed by atoms with van der Waals surface area (Å²) in [7, 11) is -21.3. The molecule has 0 fully saturated rings. The predicted molar refractivity (Wildman–Crippen MR) is 189 cm³/mol. The largest absolute Gasteiger partial charge is 3.00 e. The Kier molecular flexibility index (Phi) is 24.1. The normalized spacial score (nSPS) is 11.5. The number of aromatic nitrogens is 4. The molecule has 0 bridgehead atoms. The Morgan fingerprint density at radius 2 is 0.769 bits per heavy atom. The van der Waals surface area contributed by atoms with Crippen molar-refractivity contribution < 1.29 is 209 Å². The summed E-state index contributed by atoms with van der Waals surface area (Å²) in [5, 5.41) is 71.4. The van der Waals surface area contributed by atoms with Crippen molar-refractivity contribution >= 4 is 63.2 Å². The summed E-state index contributed by atoms with van der Waals surface area (Å²) in [6, 6.07) is 17.7. The smallest absolute Gasteiger partial charge is 0.870 e. The molecule has 0 saturated heterocycles. The zero-order valence-corrected chi connectivity index (χ0v) is 46.8. The van der Waals surface area contributed by atoms with Crippen molar-refractivity contribution in [2.75, 3.05) is 0 Å². The van der Waals surface area contributed by atoms with E-state index in [0.717, 1.165) is 9.36 Å². The fraction of sp³-hybridized carbons (Fsp3) is 0.0625. The molecule has 0 aliphatic carbocycles. The molecule has 6 aromatic rings. The van der Waals surface area contributed by atoms with E-state index in [-0.39, 0.29) is 172 Å². The Hall–Kier alpha value is -2.13. The first kappa shape index (κ1) is 62.9. The van der Waals surface area contributed by atoms with Crippen LogP contribution in [-0.2, 0) is 57.8 Å². The molecule has 0 N–H and O–H groups in total. The maximum Gasteiger partial charge on any atom is 3.00 e. The molecular formula is C32H21CrN8Na4O16S4. The van der Waals surface area contributed by atoms with Crippen LogP contribution in [0.1, 0.15) is 12.8 Å². The van der Waals surface area contributed by atoms with Gasteiger partial charge in [-0.25, -0.2) is 43.0 Å². The molecule has 24 nitrogen and oxygen atoms in total. The first-order chi connectivity index (χ1) is 27.8. The fourth-order valence-corrected chi connectivity index (χ4v) is 7.25. The molecule has 0 amide bonds. The van der Waals surface area contributed by atoms with Crippen LogP contribution in [0, 0.1) is 13.8 Å². The molecule has 33 heteroatoms. The van der Waals surface area contributed by atoms with Gasteiger partial charge in [0.05, 0.1) is 43.9 Å². The number of hydrogen-bond donors (Lipinski definition) is 0. The second-order valence-corrected chi connectivity index (χ2v) is 17.2. The number of para-hydroxylation sites is 2. The van der Waals surface area contributed by atoms with Crippen LogP contribution < -0.4 is 139 Å². The van der Waals surface area contributed by atoms with Crippen LogP contribution in [0.2, 0.25) is 0 Å². The molecule has 2 heterocycles. The van der Waals surface area contributed by atoms with Gasteiger partial charge in [0.25, 0.3) is 0 Å². The molecule has 0 atom stereocenters. The van der Waals surface area contributed by atoms with E-state index in [1.165, 1.54) is 13.8 Å². The molecule has 0 unspecified atom stereocenters. The fourth-order valence-electron chi connectivity index (χ4n) is 4.86. The Balaban J connectivity index is 0. The minimum Gasteiger partial charge on any atom is -0.870 e. The van der Waals surface area contributed by atoms with E-state index >= 15 is 0 Å². The van der Waals surface area contributed by atoms with Gasteiger partial charge in [0.1, 0.15) is 51.8 Å². The van der Waals surface area contributed by atoms with Crippen molar-refractivity contribution in [3.63, 3.8) is 0 Å². The van der Waals surface area contributed by atoms with Crippen molar-refractivity contribution in [2.24, 2.45) is 20.5 Å². The first-order valence-electron chi connectivity index (χ1n) is 15.8. The van der Waals surface area contributed by atoms with E-state index in [9.17, 15) is 72.3 Å². The van der Waals surface area contributed by atoms with Crippen LogP contribution in [0.25, 0.3) is 11.4 Å². The SMILES string of the molecule is Cc1nn(-c2ccccc2)c([O-])c1N=Nc1cc(S(=O)(=O)[O-])cc(S(=O)(=O)[O-])c1[O-].Cc1nn(-c2ccccc2)c([O-])c1N=Nc1cc(S(=O)(=O)[O-])cc(S(=O)(=O)[O-])c1[O-].[Cr+3].[H+].[Na+].[Na+].[Na+].[Na+]. The predicted octanol–water partition coefficient (Wildman–Crippen LogP) is -10.8. The van der Waals surface area contributed by atoms with Crippen LogP contribution in [-0.4, -0.2) is 71.4 Å². The van der Waals surface area contributed by atoms with E-state index in [0.29, 0.717) is 23.5 Å². The quantitative estimate of drug-likeness (QED) is 0.0698. The van der Waals surface area contributed by atoms with Gasteiger partial charge in [-0.1, -0.05) is 47.9 Å². The van der Waals surface area contributed by atoms with Gasteiger partial charge < -0.3 is 38.6 Å². The summed E-state index contributed by atoms with van der Waals surface area (Å²) in [6.45, 7) is 2.83. The van der Waals surface area contributed by atoms with Crippen molar-refractivity contribution in [1.82, 2.24) is 19.6 Å².